The molecule has 1 aliphatic carbocycles. The average Bonchev–Trinajstić information content (AvgIpc) is 3.75. The maximum absolute atomic E-state index is 17.1. The SMILES string of the molecule is CCC(=O)/N=C1\[C@H](C)C[C@@]2(C)CC/C(=N/OCc3ccc(-c4nc(NC(=O)[C@H](C)N)cs4)cn3)CC[C@H]([C@H]1C)[C@](C)(O)[C@@H](CC)OC(=O)[C@@](C)(F)C(=O)C(C)[C@H]2O[C@@H]1O[C@H](C)C[C@H](N(C)C)[C@H]1O. The number of rotatable bonds is 11. The fourth-order valence-corrected chi connectivity index (χ4v) is 11.0. The van der Waals surface area contributed by atoms with Gasteiger partial charge in [-0.25, -0.2) is 19.2 Å². The van der Waals surface area contributed by atoms with Gasteiger partial charge in [0.15, 0.2) is 18.7 Å². The average molecular weight is 972 g/mol. The number of aliphatic hydroxyl groups excluding tert-OH is 1. The van der Waals surface area contributed by atoms with Crippen molar-refractivity contribution in [2.45, 2.75) is 181 Å². The van der Waals surface area contributed by atoms with Crippen molar-refractivity contribution < 1.29 is 52.8 Å². The zero-order chi connectivity index (χ0) is 50.5. The summed E-state index contributed by atoms with van der Waals surface area (Å²) in [5, 5.41) is 34.1. The Kier molecular flexibility index (Phi) is 18.3. The van der Waals surface area contributed by atoms with Crippen molar-refractivity contribution in [3.8, 4) is 10.6 Å². The van der Waals surface area contributed by atoms with Crippen LogP contribution in [0.5, 0.6) is 0 Å². The minimum atomic E-state index is -3.15. The van der Waals surface area contributed by atoms with Gasteiger partial charge in [0, 0.05) is 47.2 Å². The van der Waals surface area contributed by atoms with Crippen molar-refractivity contribution in [2.75, 3.05) is 19.4 Å². The number of aliphatic imine (C=N–C) groups is 1. The maximum atomic E-state index is 17.1. The van der Waals surface area contributed by atoms with E-state index in [-0.39, 0.29) is 56.3 Å². The van der Waals surface area contributed by atoms with Gasteiger partial charge >= 0.3 is 5.97 Å². The van der Waals surface area contributed by atoms with Crippen LogP contribution in [0.1, 0.15) is 126 Å². The molecular weight excluding hydrogens is 898 g/mol. The molecule has 1 saturated carbocycles. The van der Waals surface area contributed by atoms with E-state index in [1.807, 2.05) is 52.8 Å². The fraction of sp³-hybridized carbons (Fsp3) is 0.714. The number of carbonyl (C=O) groups is 4. The molecule has 3 fully saturated rings. The first-order chi connectivity index (χ1) is 31.8. The van der Waals surface area contributed by atoms with Gasteiger partial charge in [-0.2, -0.15) is 0 Å². The van der Waals surface area contributed by atoms with Crippen LogP contribution in [0.2, 0.25) is 0 Å². The highest BCUT2D eigenvalue weighted by atomic mass is 32.1. The van der Waals surface area contributed by atoms with Crippen molar-refractivity contribution in [1.82, 2.24) is 14.9 Å². The first-order valence-corrected chi connectivity index (χ1v) is 24.8. The molecule has 14 atom stereocenters. The molecule has 5 rings (SSSR count). The number of aromatic nitrogens is 2. The van der Waals surface area contributed by atoms with Crippen LogP contribution >= 0.6 is 11.3 Å². The molecule has 17 nitrogen and oxygen atoms in total. The highest BCUT2D eigenvalue weighted by molar-refractivity contribution is 7.13. The van der Waals surface area contributed by atoms with Gasteiger partial charge in [-0.05, 0) is 116 Å². The van der Waals surface area contributed by atoms with Crippen molar-refractivity contribution in [2.24, 2.45) is 45.0 Å². The Balaban J connectivity index is 1.60. The number of ketones is 1. The lowest BCUT2D eigenvalue weighted by Crippen LogP contribution is -2.59. The summed E-state index contributed by atoms with van der Waals surface area (Å²) in [7, 11) is 3.69. The summed E-state index contributed by atoms with van der Waals surface area (Å²) in [6.07, 6.45) is -1.40. The third-order valence-corrected chi connectivity index (χ3v) is 15.2. The van der Waals surface area contributed by atoms with E-state index >= 15 is 4.39 Å². The Morgan fingerprint density at radius 2 is 1.82 bits per heavy atom. The number of carbonyl (C=O) groups excluding carboxylic acids is 4. The standard InChI is InChI=1S/C49H74FN7O10S/c1-13-36-49(10,63)34-18-17-32(56-64-24-33-16-15-31(23-52-33)44-54-37(25-68-44)53-43(61)30(7)51)19-20-47(8,22-26(3)39(28(34)5)55-38(58)14-2)42(29(6)41(60)48(9,50)46(62)66-36)67-45-40(59)35(57(11)12)21-27(4)65-45/h15-16,23,25-30,34-36,40,42,45,59,63H,13-14,17-22,24,51H2,1-12H3,(H,53,61)/b55-39+,56-32+/t26-,27-,28-,29?,30+,34-,35+,36-,40-,42-,45+,47-,48+,49+/m1/s1. The summed E-state index contributed by atoms with van der Waals surface area (Å²) in [4.78, 5) is 75.7. The number of ether oxygens (including phenoxy) is 3. The van der Waals surface area contributed by atoms with Crippen LogP contribution in [0.3, 0.4) is 0 Å². The summed E-state index contributed by atoms with van der Waals surface area (Å²) in [6, 6.07) is 2.57. The first kappa shape index (κ1) is 54.8. The first-order valence-electron chi connectivity index (χ1n) is 23.9. The number of nitrogens with zero attached hydrogens (tertiary/aromatic N) is 5. The second-order valence-corrected chi connectivity index (χ2v) is 20.9. The van der Waals surface area contributed by atoms with Gasteiger partial charge in [-0.3, -0.25) is 19.4 Å². The number of nitrogens with two attached hydrogens (primary N) is 1. The quantitative estimate of drug-likeness (QED) is 0.108. The number of oxime groups is 1. The minimum Gasteiger partial charge on any atom is -0.457 e. The van der Waals surface area contributed by atoms with Crippen LogP contribution in [0.15, 0.2) is 33.9 Å². The van der Waals surface area contributed by atoms with E-state index in [1.165, 1.54) is 18.3 Å². The van der Waals surface area contributed by atoms with Gasteiger partial charge < -0.3 is 45.2 Å². The van der Waals surface area contributed by atoms with E-state index in [1.54, 1.807) is 45.3 Å². The predicted octanol–water partition coefficient (Wildman–Crippen LogP) is 6.43. The fourth-order valence-electron chi connectivity index (χ4n) is 10.2. The highest BCUT2D eigenvalue weighted by Gasteiger charge is 2.56. The van der Waals surface area contributed by atoms with Crippen LogP contribution < -0.4 is 11.1 Å². The van der Waals surface area contributed by atoms with Crippen molar-refractivity contribution in [1.29, 1.82) is 0 Å². The summed E-state index contributed by atoms with van der Waals surface area (Å²) in [5.74, 6) is -5.88. The molecule has 1 unspecified atom stereocenters. The minimum absolute atomic E-state index is 0.00147. The normalized spacial score (nSPS) is 36.1. The van der Waals surface area contributed by atoms with Crippen LogP contribution in [-0.2, 0) is 44.8 Å². The van der Waals surface area contributed by atoms with E-state index < -0.39 is 82.8 Å². The lowest BCUT2D eigenvalue weighted by Gasteiger charge is -2.48. The number of cyclic esters (lactones) is 1. The molecule has 0 aromatic carbocycles. The predicted molar refractivity (Wildman–Crippen MR) is 257 cm³/mol. The van der Waals surface area contributed by atoms with Crippen molar-refractivity contribution >= 4 is 52.1 Å². The Hall–Kier alpha value is -4.11. The van der Waals surface area contributed by atoms with Crippen LogP contribution in [0.25, 0.3) is 10.6 Å². The highest BCUT2D eigenvalue weighted by Crippen LogP contribution is 2.47. The van der Waals surface area contributed by atoms with Gasteiger partial charge in [-0.1, -0.05) is 46.7 Å². The second-order valence-electron chi connectivity index (χ2n) is 20.1. The number of Topliss-reactive ketones (excluding diaryl/α,β-unsaturated/α-hetero) is 1. The van der Waals surface area contributed by atoms with E-state index in [4.69, 9.17) is 29.8 Å². The molecule has 0 radical (unpaired) electrons. The molecule has 0 spiro atoms. The molecule has 2 bridgehead atoms. The number of alkyl halides is 1. The molecule has 2 saturated heterocycles. The van der Waals surface area contributed by atoms with E-state index in [0.29, 0.717) is 53.6 Å². The van der Waals surface area contributed by atoms with Crippen molar-refractivity contribution in [3.05, 3.63) is 29.4 Å². The molecule has 3 aliphatic rings. The van der Waals surface area contributed by atoms with Crippen LogP contribution in [0.4, 0.5) is 10.2 Å². The number of thiazole rings is 1. The van der Waals surface area contributed by atoms with Crippen LogP contribution in [-0.4, -0.2) is 128 Å². The Morgan fingerprint density at radius 1 is 1.12 bits per heavy atom. The Labute approximate surface area is 404 Å². The van der Waals surface area contributed by atoms with E-state index in [9.17, 15) is 29.4 Å². The number of aliphatic hydroxyl groups is 2. The van der Waals surface area contributed by atoms with Gasteiger partial charge in [-0.15, -0.1) is 11.3 Å². The number of fused-ring (bicyclic) bond motifs is 5. The third kappa shape index (κ3) is 12.6. The van der Waals surface area contributed by atoms with Crippen LogP contribution in [0, 0.1) is 29.1 Å². The van der Waals surface area contributed by atoms with Gasteiger partial charge in [0.2, 0.25) is 11.8 Å². The number of amides is 2. The molecular formula is C49H74FN7O10S. The number of halogens is 1. The number of nitrogens with one attached hydrogen (secondary N) is 1. The topological polar surface area (TPSA) is 237 Å². The Morgan fingerprint density at radius 3 is 2.44 bits per heavy atom. The molecule has 68 heavy (non-hydrogen) atoms. The van der Waals surface area contributed by atoms with Gasteiger partial charge in [0.05, 0.1) is 29.7 Å². The number of hydrogen-bond donors (Lipinski definition) is 4. The zero-order valence-electron chi connectivity index (χ0n) is 41.8. The maximum Gasteiger partial charge on any atom is 0.351 e. The number of pyridine rings is 1. The molecule has 2 aromatic rings. The molecule has 2 aliphatic heterocycles. The smallest absolute Gasteiger partial charge is 0.351 e. The summed E-state index contributed by atoms with van der Waals surface area (Å²) >= 11 is 1.34. The van der Waals surface area contributed by atoms with Crippen molar-refractivity contribution in [3.63, 3.8) is 0 Å². The summed E-state index contributed by atoms with van der Waals surface area (Å²) in [5.41, 5.74) is 2.11. The molecule has 378 valence electrons. The Bertz CT molecular complexity index is 2150. The van der Waals surface area contributed by atoms with Gasteiger partial charge in [0.25, 0.3) is 5.67 Å². The lowest BCUT2D eigenvalue weighted by atomic mass is 9.65. The van der Waals surface area contributed by atoms with Gasteiger partial charge in [0.1, 0.15) is 28.6 Å². The number of hydrogen-bond acceptors (Lipinski definition) is 16. The zero-order valence-corrected chi connectivity index (χ0v) is 42.6. The van der Waals surface area contributed by atoms with E-state index in [0.717, 1.165) is 12.5 Å². The summed E-state index contributed by atoms with van der Waals surface area (Å²) in [6.45, 7) is 16.6. The second kappa shape index (κ2) is 22.8. The number of anilines is 1. The largest absolute Gasteiger partial charge is 0.457 e. The number of likely N-dealkylation sites (N-methyl/N-ethyl adjacent to an activating group) is 1. The monoisotopic (exact) mass is 972 g/mol. The number of esters is 1. The van der Waals surface area contributed by atoms with E-state index in [2.05, 4.69) is 20.4 Å². The molecule has 2 amide bonds. The molecule has 4 heterocycles. The third-order valence-electron chi connectivity index (χ3n) is 14.3. The molecule has 5 N–H and O–H groups in total. The molecule has 19 heteroatoms. The lowest BCUT2D eigenvalue weighted by molar-refractivity contribution is -0.287. The summed E-state index contributed by atoms with van der Waals surface area (Å²) < 4.78 is 36.1. The molecule has 2 aromatic heterocycles.